The van der Waals surface area contributed by atoms with E-state index in [2.05, 4.69) is 9.88 Å². The Kier molecular flexibility index (Phi) is 4.58. The molecule has 106 valence electrons. The molecule has 1 atom stereocenters. The van der Waals surface area contributed by atoms with Crippen molar-refractivity contribution >= 4 is 5.82 Å². The molecule has 1 aromatic heterocycles. The second-order valence-electron chi connectivity index (χ2n) is 5.48. The van der Waals surface area contributed by atoms with Gasteiger partial charge in [-0.25, -0.2) is 4.98 Å². The van der Waals surface area contributed by atoms with Gasteiger partial charge < -0.3 is 15.2 Å². The third-order valence-electron chi connectivity index (χ3n) is 3.80. The second-order valence-corrected chi connectivity index (χ2v) is 5.48. The molecule has 0 aromatic carbocycles. The predicted octanol–water partition coefficient (Wildman–Crippen LogP) is 1.53. The SMILES string of the molecule is CC(C)n1ccnc(N2CCCC2CCCN)c1=O. The van der Waals surface area contributed by atoms with Gasteiger partial charge in [0.2, 0.25) is 0 Å². The van der Waals surface area contributed by atoms with Crippen LogP contribution in [0.4, 0.5) is 5.82 Å². The van der Waals surface area contributed by atoms with Crippen LogP contribution >= 0.6 is 0 Å². The Balaban J connectivity index is 2.26. The van der Waals surface area contributed by atoms with Crippen LogP contribution in [0.25, 0.3) is 0 Å². The Morgan fingerprint density at radius 3 is 3.00 bits per heavy atom. The lowest BCUT2D eigenvalue weighted by molar-refractivity contribution is 0.555. The minimum atomic E-state index is 0.0251. The fourth-order valence-electron chi connectivity index (χ4n) is 2.79. The van der Waals surface area contributed by atoms with Crippen LogP contribution in [0.15, 0.2) is 17.2 Å². The maximum Gasteiger partial charge on any atom is 0.293 e. The molecule has 0 aliphatic carbocycles. The smallest absolute Gasteiger partial charge is 0.293 e. The highest BCUT2D eigenvalue weighted by atomic mass is 16.1. The van der Waals surface area contributed by atoms with Crippen molar-refractivity contribution in [3.05, 3.63) is 22.7 Å². The number of anilines is 1. The molecular weight excluding hydrogens is 240 g/mol. The predicted molar refractivity (Wildman–Crippen MR) is 77.5 cm³/mol. The Labute approximate surface area is 114 Å². The molecule has 0 radical (unpaired) electrons. The number of aromatic nitrogens is 2. The first kappa shape index (κ1) is 14.1. The van der Waals surface area contributed by atoms with E-state index in [1.165, 1.54) is 0 Å². The van der Waals surface area contributed by atoms with Crippen molar-refractivity contribution in [1.29, 1.82) is 0 Å². The minimum absolute atomic E-state index is 0.0251. The second kappa shape index (κ2) is 6.19. The fourth-order valence-corrected chi connectivity index (χ4v) is 2.79. The maximum absolute atomic E-state index is 12.5. The molecule has 1 unspecified atom stereocenters. The summed E-state index contributed by atoms with van der Waals surface area (Å²) in [5, 5.41) is 0. The van der Waals surface area contributed by atoms with Crippen molar-refractivity contribution in [3.8, 4) is 0 Å². The van der Waals surface area contributed by atoms with Gasteiger partial charge in [0.25, 0.3) is 5.56 Å². The number of nitrogens with two attached hydrogens (primary N) is 1. The average Bonchev–Trinajstić information content (AvgIpc) is 2.84. The van der Waals surface area contributed by atoms with Gasteiger partial charge in [0, 0.05) is 31.0 Å². The average molecular weight is 264 g/mol. The number of hydrogen-bond donors (Lipinski definition) is 1. The molecule has 0 amide bonds. The van der Waals surface area contributed by atoms with Crippen LogP contribution in [0.2, 0.25) is 0 Å². The number of nitrogens with zero attached hydrogens (tertiary/aromatic N) is 3. The molecule has 0 saturated carbocycles. The summed E-state index contributed by atoms with van der Waals surface area (Å²) in [6.45, 7) is 5.67. The van der Waals surface area contributed by atoms with Crippen LogP contribution in [0.1, 0.15) is 45.6 Å². The van der Waals surface area contributed by atoms with Crippen molar-refractivity contribution in [3.63, 3.8) is 0 Å². The minimum Gasteiger partial charge on any atom is -0.349 e. The molecular formula is C14H24N4O. The molecule has 1 saturated heterocycles. The summed E-state index contributed by atoms with van der Waals surface area (Å²) in [5.41, 5.74) is 5.61. The molecule has 19 heavy (non-hydrogen) atoms. The first-order chi connectivity index (χ1) is 9.15. The highest BCUT2D eigenvalue weighted by Gasteiger charge is 2.27. The first-order valence-electron chi connectivity index (χ1n) is 7.19. The fraction of sp³-hybridized carbons (Fsp3) is 0.714. The van der Waals surface area contributed by atoms with Gasteiger partial charge in [-0.3, -0.25) is 4.79 Å². The number of rotatable bonds is 5. The van der Waals surface area contributed by atoms with Crippen LogP contribution in [-0.2, 0) is 0 Å². The van der Waals surface area contributed by atoms with E-state index in [1.807, 2.05) is 13.8 Å². The number of hydrogen-bond acceptors (Lipinski definition) is 4. The van der Waals surface area contributed by atoms with E-state index in [0.29, 0.717) is 18.4 Å². The molecule has 0 spiro atoms. The van der Waals surface area contributed by atoms with E-state index in [1.54, 1.807) is 17.0 Å². The molecule has 1 aliphatic rings. The van der Waals surface area contributed by atoms with E-state index in [9.17, 15) is 4.79 Å². The van der Waals surface area contributed by atoms with Crippen LogP contribution in [0, 0.1) is 0 Å². The molecule has 2 N–H and O–H groups in total. The maximum atomic E-state index is 12.5. The van der Waals surface area contributed by atoms with Crippen molar-refractivity contribution in [1.82, 2.24) is 9.55 Å². The molecule has 5 heteroatoms. The Morgan fingerprint density at radius 1 is 1.53 bits per heavy atom. The quantitative estimate of drug-likeness (QED) is 0.876. The summed E-state index contributed by atoms with van der Waals surface area (Å²) in [6.07, 6.45) is 7.82. The third kappa shape index (κ3) is 2.97. The molecule has 2 rings (SSSR count). The highest BCUT2D eigenvalue weighted by molar-refractivity contribution is 5.38. The summed E-state index contributed by atoms with van der Waals surface area (Å²) in [5.74, 6) is 0.607. The Bertz CT molecular complexity index is 469. The Morgan fingerprint density at radius 2 is 2.32 bits per heavy atom. The zero-order chi connectivity index (χ0) is 13.8. The largest absolute Gasteiger partial charge is 0.349 e. The van der Waals surface area contributed by atoms with Crippen molar-refractivity contribution in [2.75, 3.05) is 18.0 Å². The lowest BCUT2D eigenvalue weighted by atomic mass is 10.1. The summed E-state index contributed by atoms with van der Waals surface area (Å²) < 4.78 is 1.75. The standard InChI is InChI=1S/C14H24N4O/c1-11(2)17-10-8-16-13(14(17)19)18-9-4-6-12(18)5-3-7-15/h8,10-12H,3-7,9,15H2,1-2H3. The van der Waals surface area contributed by atoms with Crippen LogP contribution in [0.3, 0.4) is 0 Å². The van der Waals surface area contributed by atoms with Gasteiger partial charge in [-0.15, -0.1) is 0 Å². The van der Waals surface area contributed by atoms with Gasteiger partial charge in [-0.1, -0.05) is 0 Å². The summed E-state index contributed by atoms with van der Waals surface area (Å²) in [6, 6.07) is 0.589. The van der Waals surface area contributed by atoms with Gasteiger partial charge in [-0.05, 0) is 46.1 Å². The van der Waals surface area contributed by atoms with Gasteiger partial charge in [0.05, 0.1) is 0 Å². The van der Waals surface area contributed by atoms with E-state index in [0.717, 1.165) is 32.2 Å². The lowest BCUT2D eigenvalue weighted by Gasteiger charge is -2.25. The van der Waals surface area contributed by atoms with E-state index in [-0.39, 0.29) is 11.6 Å². The van der Waals surface area contributed by atoms with Gasteiger partial charge in [0.1, 0.15) is 0 Å². The highest BCUT2D eigenvalue weighted by Crippen LogP contribution is 2.24. The van der Waals surface area contributed by atoms with Crippen molar-refractivity contribution < 1.29 is 0 Å². The zero-order valence-corrected chi connectivity index (χ0v) is 11.9. The summed E-state index contributed by atoms with van der Waals surface area (Å²) in [4.78, 5) is 19.0. The van der Waals surface area contributed by atoms with Crippen LogP contribution < -0.4 is 16.2 Å². The van der Waals surface area contributed by atoms with Gasteiger partial charge in [0.15, 0.2) is 5.82 Å². The molecule has 5 nitrogen and oxygen atoms in total. The van der Waals surface area contributed by atoms with E-state index in [4.69, 9.17) is 5.73 Å². The summed E-state index contributed by atoms with van der Waals surface area (Å²) in [7, 11) is 0. The van der Waals surface area contributed by atoms with Gasteiger partial charge in [-0.2, -0.15) is 0 Å². The normalized spacial score (nSPS) is 19.4. The topological polar surface area (TPSA) is 64.2 Å². The zero-order valence-electron chi connectivity index (χ0n) is 11.9. The molecule has 1 aliphatic heterocycles. The van der Waals surface area contributed by atoms with Crippen LogP contribution in [0.5, 0.6) is 0 Å². The van der Waals surface area contributed by atoms with E-state index < -0.39 is 0 Å². The van der Waals surface area contributed by atoms with Gasteiger partial charge >= 0.3 is 0 Å². The lowest BCUT2D eigenvalue weighted by Crippen LogP contribution is -2.37. The molecule has 0 bridgehead atoms. The Hall–Kier alpha value is -1.36. The van der Waals surface area contributed by atoms with Crippen molar-refractivity contribution in [2.24, 2.45) is 5.73 Å². The van der Waals surface area contributed by atoms with E-state index >= 15 is 0 Å². The third-order valence-corrected chi connectivity index (χ3v) is 3.80. The first-order valence-corrected chi connectivity index (χ1v) is 7.19. The molecule has 1 fully saturated rings. The summed E-state index contributed by atoms with van der Waals surface area (Å²) >= 11 is 0. The van der Waals surface area contributed by atoms with Crippen LogP contribution in [-0.4, -0.2) is 28.7 Å². The monoisotopic (exact) mass is 264 g/mol. The van der Waals surface area contributed by atoms with Crippen molar-refractivity contribution in [2.45, 2.75) is 51.6 Å². The molecule has 2 heterocycles. The molecule has 1 aromatic rings.